The molecule has 0 saturated carbocycles. The fourth-order valence-electron chi connectivity index (χ4n) is 3.35. The molecule has 2 aromatic rings. The molecule has 128 valence electrons. The van der Waals surface area contributed by atoms with Crippen LogP contribution in [0.15, 0.2) is 30.7 Å². The van der Waals surface area contributed by atoms with Gasteiger partial charge in [0.1, 0.15) is 11.6 Å². The molecule has 1 aliphatic heterocycles. The molecule has 0 spiro atoms. The fraction of sp³-hybridized carbons (Fsp3) is 0.500. The van der Waals surface area contributed by atoms with E-state index in [1.54, 1.807) is 6.20 Å². The summed E-state index contributed by atoms with van der Waals surface area (Å²) in [5.41, 5.74) is 6.81. The molecule has 2 aromatic heterocycles. The van der Waals surface area contributed by atoms with Gasteiger partial charge in [0.25, 0.3) is 0 Å². The minimum absolute atomic E-state index is 0.240. The normalized spacial score (nSPS) is 17.4. The van der Waals surface area contributed by atoms with Gasteiger partial charge in [-0.1, -0.05) is 13.0 Å². The van der Waals surface area contributed by atoms with Gasteiger partial charge in [0.15, 0.2) is 0 Å². The molecule has 1 aliphatic rings. The lowest BCUT2D eigenvalue weighted by Crippen LogP contribution is -2.29. The van der Waals surface area contributed by atoms with Crippen molar-refractivity contribution in [3.8, 4) is 0 Å². The van der Waals surface area contributed by atoms with Gasteiger partial charge in [-0.15, -0.1) is 0 Å². The van der Waals surface area contributed by atoms with Crippen molar-refractivity contribution in [1.29, 1.82) is 0 Å². The number of rotatable bonds is 6. The highest BCUT2D eigenvalue weighted by Crippen LogP contribution is 2.21. The van der Waals surface area contributed by atoms with Gasteiger partial charge in [-0.05, 0) is 30.4 Å². The molecule has 1 amide bonds. The van der Waals surface area contributed by atoms with E-state index < -0.39 is 0 Å². The molecule has 3 rings (SSSR count). The average Bonchev–Trinajstić information content (AvgIpc) is 3.23. The highest BCUT2D eigenvalue weighted by Gasteiger charge is 2.26. The first-order valence-corrected chi connectivity index (χ1v) is 8.64. The minimum atomic E-state index is 0.240. The summed E-state index contributed by atoms with van der Waals surface area (Å²) in [6, 6.07) is 3.86. The van der Waals surface area contributed by atoms with E-state index in [2.05, 4.69) is 21.5 Å². The Balaban J connectivity index is 1.48. The first kappa shape index (κ1) is 16.5. The lowest BCUT2D eigenvalue weighted by molar-refractivity contribution is -0.130. The topological polar surface area (TPSA) is 77.0 Å². The summed E-state index contributed by atoms with van der Waals surface area (Å²) in [7, 11) is 0. The second-order valence-corrected chi connectivity index (χ2v) is 6.43. The number of imidazole rings is 1. The summed E-state index contributed by atoms with van der Waals surface area (Å²) in [5, 5.41) is 0. The molecule has 1 atom stereocenters. The maximum absolute atomic E-state index is 12.4. The van der Waals surface area contributed by atoms with Crippen LogP contribution in [0.4, 0.5) is 5.82 Å². The number of nitrogen functional groups attached to an aromatic ring is 1. The third-order valence-electron chi connectivity index (χ3n) is 4.70. The van der Waals surface area contributed by atoms with Gasteiger partial charge in [0.2, 0.25) is 5.91 Å². The Morgan fingerprint density at radius 2 is 2.25 bits per heavy atom. The lowest BCUT2D eigenvalue weighted by atomic mass is 10.00. The van der Waals surface area contributed by atoms with Gasteiger partial charge in [-0.25, -0.2) is 9.97 Å². The molecule has 24 heavy (non-hydrogen) atoms. The quantitative estimate of drug-likeness (QED) is 0.879. The number of pyridine rings is 1. The molecule has 3 heterocycles. The Labute approximate surface area is 142 Å². The molecule has 1 saturated heterocycles. The summed E-state index contributed by atoms with van der Waals surface area (Å²) < 4.78 is 2.07. The van der Waals surface area contributed by atoms with Gasteiger partial charge in [-0.2, -0.15) is 0 Å². The third kappa shape index (κ3) is 3.93. The summed E-state index contributed by atoms with van der Waals surface area (Å²) >= 11 is 0. The van der Waals surface area contributed by atoms with Crippen molar-refractivity contribution in [1.82, 2.24) is 19.4 Å². The van der Waals surface area contributed by atoms with Gasteiger partial charge < -0.3 is 15.2 Å². The zero-order chi connectivity index (χ0) is 16.9. The van der Waals surface area contributed by atoms with Crippen LogP contribution in [0.1, 0.15) is 31.2 Å². The van der Waals surface area contributed by atoms with Crippen molar-refractivity contribution in [2.24, 2.45) is 5.92 Å². The SMILES string of the molecule is CCc1nccn1CCC(=O)N1CCC(Cc2ccc(N)nc2)C1. The van der Waals surface area contributed by atoms with E-state index in [1.807, 2.05) is 29.4 Å². The van der Waals surface area contributed by atoms with E-state index in [9.17, 15) is 4.79 Å². The van der Waals surface area contributed by atoms with Crippen molar-refractivity contribution in [3.05, 3.63) is 42.1 Å². The summed E-state index contributed by atoms with van der Waals surface area (Å²) in [4.78, 5) is 22.9. The molecular weight excluding hydrogens is 302 g/mol. The summed E-state index contributed by atoms with van der Waals surface area (Å²) in [6.45, 7) is 4.49. The Hall–Kier alpha value is -2.37. The highest BCUT2D eigenvalue weighted by molar-refractivity contribution is 5.76. The van der Waals surface area contributed by atoms with Crippen LogP contribution in [0.2, 0.25) is 0 Å². The Kier molecular flexibility index (Phi) is 5.13. The molecule has 6 nitrogen and oxygen atoms in total. The largest absolute Gasteiger partial charge is 0.384 e. The Morgan fingerprint density at radius 3 is 3.00 bits per heavy atom. The number of likely N-dealkylation sites (tertiary alicyclic amines) is 1. The highest BCUT2D eigenvalue weighted by atomic mass is 16.2. The number of aryl methyl sites for hydroxylation is 2. The predicted molar refractivity (Wildman–Crippen MR) is 93.3 cm³/mol. The van der Waals surface area contributed by atoms with E-state index in [0.29, 0.717) is 24.7 Å². The monoisotopic (exact) mass is 327 g/mol. The Morgan fingerprint density at radius 1 is 1.38 bits per heavy atom. The average molecular weight is 327 g/mol. The van der Waals surface area contributed by atoms with E-state index in [4.69, 9.17) is 5.73 Å². The van der Waals surface area contributed by atoms with E-state index in [1.165, 1.54) is 5.56 Å². The van der Waals surface area contributed by atoms with Crippen LogP contribution >= 0.6 is 0 Å². The van der Waals surface area contributed by atoms with Crippen molar-refractivity contribution in [3.63, 3.8) is 0 Å². The third-order valence-corrected chi connectivity index (χ3v) is 4.70. The smallest absolute Gasteiger partial charge is 0.224 e. The van der Waals surface area contributed by atoms with Crippen LogP contribution in [0.25, 0.3) is 0 Å². The van der Waals surface area contributed by atoms with E-state index in [0.717, 1.165) is 38.2 Å². The molecule has 2 N–H and O–H groups in total. The molecule has 0 bridgehead atoms. The molecule has 1 fully saturated rings. The number of nitrogens with zero attached hydrogens (tertiary/aromatic N) is 4. The molecule has 0 radical (unpaired) electrons. The molecule has 6 heteroatoms. The maximum Gasteiger partial charge on any atom is 0.224 e. The maximum atomic E-state index is 12.4. The van der Waals surface area contributed by atoms with E-state index >= 15 is 0 Å². The van der Waals surface area contributed by atoms with Crippen LogP contribution in [-0.2, 0) is 24.2 Å². The number of carbonyl (C=O) groups is 1. The lowest BCUT2D eigenvalue weighted by Gasteiger charge is -2.17. The zero-order valence-electron chi connectivity index (χ0n) is 14.2. The van der Waals surface area contributed by atoms with Crippen molar-refractivity contribution >= 4 is 11.7 Å². The standard InChI is InChI=1S/C18H25N5O/c1-2-17-20-7-10-22(17)9-6-18(24)23-8-5-15(13-23)11-14-3-4-16(19)21-12-14/h3-4,7,10,12,15H,2,5-6,8-9,11,13H2,1H3,(H2,19,21). The first-order valence-electron chi connectivity index (χ1n) is 8.64. The van der Waals surface area contributed by atoms with Crippen LogP contribution in [0.3, 0.4) is 0 Å². The summed E-state index contributed by atoms with van der Waals surface area (Å²) in [6.07, 6.45) is 9.04. The van der Waals surface area contributed by atoms with Crippen molar-refractivity contribution in [2.45, 2.75) is 39.2 Å². The van der Waals surface area contributed by atoms with Gasteiger partial charge in [-0.3, -0.25) is 4.79 Å². The van der Waals surface area contributed by atoms with Crippen LogP contribution in [0.5, 0.6) is 0 Å². The van der Waals surface area contributed by atoms with Crippen molar-refractivity contribution < 1.29 is 4.79 Å². The van der Waals surface area contributed by atoms with Crippen LogP contribution < -0.4 is 5.73 Å². The number of nitrogens with two attached hydrogens (primary N) is 1. The molecular formula is C18H25N5O. The number of hydrogen-bond acceptors (Lipinski definition) is 4. The zero-order valence-corrected chi connectivity index (χ0v) is 14.2. The summed E-state index contributed by atoms with van der Waals surface area (Å²) in [5.74, 6) is 2.34. The van der Waals surface area contributed by atoms with Gasteiger partial charge >= 0.3 is 0 Å². The molecule has 1 unspecified atom stereocenters. The molecule has 0 aliphatic carbocycles. The van der Waals surface area contributed by atoms with Crippen molar-refractivity contribution in [2.75, 3.05) is 18.8 Å². The van der Waals surface area contributed by atoms with Gasteiger partial charge in [0.05, 0.1) is 0 Å². The fourth-order valence-corrected chi connectivity index (χ4v) is 3.35. The predicted octanol–water partition coefficient (Wildman–Crippen LogP) is 1.90. The second-order valence-electron chi connectivity index (χ2n) is 6.43. The second kappa shape index (κ2) is 7.47. The Bertz CT molecular complexity index is 679. The number of hydrogen-bond donors (Lipinski definition) is 1. The van der Waals surface area contributed by atoms with E-state index in [-0.39, 0.29) is 5.91 Å². The van der Waals surface area contributed by atoms with Crippen LogP contribution in [-0.4, -0.2) is 38.4 Å². The first-order chi connectivity index (χ1) is 11.7. The van der Waals surface area contributed by atoms with Gasteiger partial charge in [0, 0.05) is 51.1 Å². The number of aromatic nitrogens is 3. The number of anilines is 1. The molecule has 0 aromatic carbocycles. The minimum Gasteiger partial charge on any atom is -0.384 e. The number of amides is 1. The number of carbonyl (C=O) groups excluding carboxylic acids is 1. The van der Waals surface area contributed by atoms with Crippen LogP contribution in [0, 0.1) is 5.92 Å².